The van der Waals surface area contributed by atoms with E-state index >= 15 is 0 Å². The summed E-state index contributed by atoms with van der Waals surface area (Å²) in [5, 5.41) is 18.1. The Morgan fingerprint density at radius 1 is 1.05 bits per heavy atom. The van der Waals surface area contributed by atoms with E-state index < -0.39 is 4.92 Å². The van der Waals surface area contributed by atoms with Crippen molar-refractivity contribution in [2.45, 2.75) is 0 Å². The standard InChI is InChI=1S/C12H6FN3O3/c13-8-3-1-7(2-4-8)9-5-6-10(16(17)18)12-11(9)14-19-15-12/h1-6H. The Bertz CT molecular complexity index is 767. The fourth-order valence-electron chi connectivity index (χ4n) is 1.86. The highest BCUT2D eigenvalue weighted by Gasteiger charge is 2.20. The second kappa shape index (κ2) is 4.13. The molecule has 0 amide bonds. The van der Waals surface area contributed by atoms with Gasteiger partial charge in [0.1, 0.15) is 11.3 Å². The summed E-state index contributed by atoms with van der Waals surface area (Å²) in [6.07, 6.45) is 0. The van der Waals surface area contributed by atoms with Gasteiger partial charge in [0.15, 0.2) is 0 Å². The van der Waals surface area contributed by atoms with Gasteiger partial charge in [-0.3, -0.25) is 10.1 Å². The lowest BCUT2D eigenvalue weighted by molar-refractivity contribution is -0.383. The quantitative estimate of drug-likeness (QED) is 0.522. The van der Waals surface area contributed by atoms with Gasteiger partial charge in [0.05, 0.1) is 4.92 Å². The molecule has 0 spiro atoms. The van der Waals surface area contributed by atoms with E-state index in [2.05, 4.69) is 14.9 Å². The number of benzene rings is 2. The molecule has 0 saturated heterocycles. The Morgan fingerprint density at radius 2 is 1.74 bits per heavy atom. The van der Waals surface area contributed by atoms with Crippen LogP contribution in [0.2, 0.25) is 0 Å². The van der Waals surface area contributed by atoms with Crippen LogP contribution in [0.25, 0.3) is 22.2 Å². The third kappa shape index (κ3) is 1.81. The van der Waals surface area contributed by atoms with Crippen molar-refractivity contribution in [1.82, 2.24) is 10.3 Å². The van der Waals surface area contributed by atoms with Gasteiger partial charge < -0.3 is 0 Å². The summed E-state index contributed by atoms with van der Waals surface area (Å²) in [6.45, 7) is 0. The topological polar surface area (TPSA) is 82.1 Å². The van der Waals surface area contributed by atoms with Crippen molar-refractivity contribution in [2.24, 2.45) is 0 Å². The van der Waals surface area contributed by atoms with E-state index in [0.29, 0.717) is 11.1 Å². The molecular formula is C12H6FN3O3. The Balaban J connectivity index is 2.26. The molecular weight excluding hydrogens is 253 g/mol. The minimum Gasteiger partial charge on any atom is -0.258 e. The van der Waals surface area contributed by atoms with Crippen LogP contribution < -0.4 is 0 Å². The molecule has 0 unspecified atom stereocenters. The van der Waals surface area contributed by atoms with Gasteiger partial charge in [0, 0.05) is 11.6 Å². The lowest BCUT2D eigenvalue weighted by atomic mass is 10.0. The number of nitro groups is 1. The van der Waals surface area contributed by atoms with Crippen molar-refractivity contribution in [3.05, 3.63) is 52.3 Å². The highest BCUT2D eigenvalue weighted by molar-refractivity contribution is 5.95. The maximum atomic E-state index is 12.9. The first-order valence-electron chi connectivity index (χ1n) is 5.32. The van der Waals surface area contributed by atoms with Crippen LogP contribution in [0.15, 0.2) is 41.0 Å². The number of fused-ring (bicyclic) bond motifs is 1. The second-order valence-corrected chi connectivity index (χ2v) is 3.86. The number of nitro benzene ring substituents is 1. The van der Waals surface area contributed by atoms with Gasteiger partial charge in [0.25, 0.3) is 0 Å². The van der Waals surface area contributed by atoms with E-state index in [1.54, 1.807) is 12.1 Å². The molecule has 1 aromatic heterocycles. The summed E-state index contributed by atoms with van der Waals surface area (Å²) in [5.41, 5.74) is 1.45. The molecule has 0 N–H and O–H groups in total. The van der Waals surface area contributed by atoms with Gasteiger partial charge in [-0.15, -0.1) is 0 Å². The van der Waals surface area contributed by atoms with Crippen molar-refractivity contribution in [2.75, 3.05) is 0 Å². The zero-order valence-electron chi connectivity index (χ0n) is 9.41. The van der Waals surface area contributed by atoms with E-state index in [4.69, 9.17) is 0 Å². The smallest absolute Gasteiger partial charge is 0.258 e. The molecule has 0 atom stereocenters. The number of rotatable bonds is 2. The monoisotopic (exact) mass is 259 g/mol. The van der Waals surface area contributed by atoms with E-state index in [0.717, 1.165) is 0 Å². The number of aromatic nitrogens is 2. The molecule has 0 radical (unpaired) electrons. The van der Waals surface area contributed by atoms with Crippen LogP contribution in [-0.4, -0.2) is 15.2 Å². The summed E-state index contributed by atoms with van der Waals surface area (Å²) in [5.74, 6) is -0.361. The van der Waals surface area contributed by atoms with Gasteiger partial charge in [0.2, 0.25) is 5.52 Å². The van der Waals surface area contributed by atoms with E-state index in [1.165, 1.54) is 24.3 Å². The Morgan fingerprint density at radius 3 is 2.42 bits per heavy atom. The van der Waals surface area contributed by atoms with Crippen molar-refractivity contribution in [1.29, 1.82) is 0 Å². The van der Waals surface area contributed by atoms with Crippen LogP contribution in [0.5, 0.6) is 0 Å². The predicted octanol–water partition coefficient (Wildman–Crippen LogP) is 2.94. The molecule has 6 nitrogen and oxygen atoms in total. The summed E-state index contributed by atoms with van der Waals surface area (Å²) in [4.78, 5) is 10.3. The Kier molecular flexibility index (Phi) is 2.45. The zero-order valence-corrected chi connectivity index (χ0v) is 9.41. The Hall–Kier alpha value is -2.83. The van der Waals surface area contributed by atoms with E-state index in [9.17, 15) is 14.5 Å². The van der Waals surface area contributed by atoms with Crippen LogP contribution in [0.4, 0.5) is 10.1 Å². The second-order valence-electron chi connectivity index (χ2n) is 3.86. The molecule has 2 aromatic carbocycles. The van der Waals surface area contributed by atoms with E-state index in [-0.39, 0.29) is 22.5 Å². The lowest BCUT2D eigenvalue weighted by Gasteiger charge is -2.01. The molecule has 0 aliphatic heterocycles. The third-order valence-electron chi connectivity index (χ3n) is 2.75. The maximum Gasteiger partial charge on any atom is 0.300 e. The molecule has 0 aliphatic rings. The fourth-order valence-corrected chi connectivity index (χ4v) is 1.86. The fraction of sp³-hybridized carbons (Fsp3) is 0. The molecule has 0 saturated carbocycles. The van der Waals surface area contributed by atoms with Crippen LogP contribution in [-0.2, 0) is 0 Å². The van der Waals surface area contributed by atoms with Crippen LogP contribution in [0, 0.1) is 15.9 Å². The predicted molar refractivity (Wildman–Crippen MR) is 63.9 cm³/mol. The zero-order chi connectivity index (χ0) is 13.4. The molecule has 0 fully saturated rings. The molecule has 19 heavy (non-hydrogen) atoms. The number of nitrogens with zero attached hydrogens (tertiary/aromatic N) is 3. The van der Waals surface area contributed by atoms with Gasteiger partial charge in [-0.05, 0) is 34.1 Å². The van der Waals surface area contributed by atoms with Gasteiger partial charge in [-0.2, -0.15) is 0 Å². The number of hydrogen-bond donors (Lipinski definition) is 0. The summed E-state index contributed by atoms with van der Waals surface area (Å²) >= 11 is 0. The number of non-ortho nitro benzene ring substituents is 1. The van der Waals surface area contributed by atoms with Gasteiger partial charge >= 0.3 is 5.69 Å². The molecule has 3 rings (SSSR count). The molecule has 94 valence electrons. The van der Waals surface area contributed by atoms with E-state index in [1.807, 2.05) is 0 Å². The minimum absolute atomic E-state index is 0.0758. The van der Waals surface area contributed by atoms with Crippen LogP contribution in [0.1, 0.15) is 0 Å². The van der Waals surface area contributed by atoms with Gasteiger partial charge in [-0.1, -0.05) is 12.1 Å². The first kappa shape index (κ1) is 11.3. The SMILES string of the molecule is O=[N+]([O-])c1ccc(-c2ccc(F)cc2)c2nonc12. The average molecular weight is 259 g/mol. The first-order chi connectivity index (χ1) is 9.16. The van der Waals surface area contributed by atoms with Crippen molar-refractivity contribution >= 4 is 16.7 Å². The van der Waals surface area contributed by atoms with Crippen LogP contribution in [0.3, 0.4) is 0 Å². The molecule has 7 heteroatoms. The molecule has 0 bridgehead atoms. The minimum atomic E-state index is -0.555. The van der Waals surface area contributed by atoms with Crippen molar-refractivity contribution < 1.29 is 13.9 Å². The Labute approximate surface area is 105 Å². The highest BCUT2D eigenvalue weighted by atomic mass is 19.1. The maximum absolute atomic E-state index is 12.9. The lowest BCUT2D eigenvalue weighted by Crippen LogP contribution is -1.91. The third-order valence-corrected chi connectivity index (χ3v) is 2.75. The van der Waals surface area contributed by atoms with Crippen molar-refractivity contribution in [3.63, 3.8) is 0 Å². The average Bonchev–Trinajstić information content (AvgIpc) is 2.87. The highest BCUT2D eigenvalue weighted by Crippen LogP contribution is 2.32. The summed E-state index contributed by atoms with van der Waals surface area (Å²) < 4.78 is 17.5. The molecule has 1 heterocycles. The molecule has 0 aliphatic carbocycles. The van der Waals surface area contributed by atoms with Crippen molar-refractivity contribution in [3.8, 4) is 11.1 Å². The van der Waals surface area contributed by atoms with Crippen LogP contribution >= 0.6 is 0 Å². The summed E-state index contributed by atoms with van der Waals surface area (Å²) in [6, 6.07) is 8.59. The largest absolute Gasteiger partial charge is 0.300 e. The molecule has 3 aromatic rings. The number of halogens is 1. The summed E-state index contributed by atoms with van der Waals surface area (Å²) in [7, 11) is 0. The number of hydrogen-bond acceptors (Lipinski definition) is 5. The van der Waals surface area contributed by atoms with Gasteiger partial charge in [-0.25, -0.2) is 9.02 Å². The normalized spacial score (nSPS) is 10.8. The first-order valence-corrected chi connectivity index (χ1v) is 5.32.